The van der Waals surface area contributed by atoms with E-state index in [0.717, 1.165) is 22.3 Å². The first kappa shape index (κ1) is 28.3. The van der Waals surface area contributed by atoms with Gasteiger partial charge < -0.3 is 19.3 Å². The number of carbonyl (C=O) groups is 1. The van der Waals surface area contributed by atoms with E-state index in [0.29, 0.717) is 41.9 Å². The van der Waals surface area contributed by atoms with Crippen molar-refractivity contribution < 1.29 is 24.1 Å². The van der Waals surface area contributed by atoms with E-state index in [1.165, 1.54) is 13.2 Å². The van der Waals surface area contributed by atoms with Crippen molar-refractivity contribution in [1.82, 2.24) is 9.55 Å². The van der Waals surface area contributed by atoms with Crippen LogP contribution in [0.1, 0.15) is 21.5 Å². The van der Waals surface area contributed by atoms with Gasteiger partial charge in [-0.1, -0.05) is 84.9 Å². The second-order valence-electron chi connectivity index (χ2n) is 10.1. The molecule has 1 aromatic heterocycles. The number of carboxylic acid groups (broad SMARTS) is 1. The van der Waals surface area contributed by atoms with Gasteiger partial charge in [-0.25, -0.2) is 9.78 Å². The maximum absolute atomic E-state index is 11.8. The summed E-state index contributed by atoms with van der Waals surface area (Å²) in [6.45, 7) is 0.804. The number of methoxy groups -OCH3 is 1. The first-order valence-corrected chi connectivity index (χ1v) is 14.1. The summed E-state index contributed by atoms with van der Waals surface area (Å²) in [7, 11) is 1.46. The van der Waals surface area contributed by atoms with Gasteiger partial charge in [0.15, 0.2) is 0 Å². The number of ether oxygens (including phenoxy) is 3. The van der Waals surface area contributed by atoms with Crippen LogP contribution in [0.2, 0.25) is 0 Å². The number of aromatic carboxylic acids is 1. The summed E-state index contributed by atoms with van der Waals surface area (Å²) >= 11 is 0. The monoisotopic (exact) mass is 582 g/mol. The maximum Gasteiger partial charge on any atom is 0.339 e. The van der Waals surface area contributed by atoms with Crippen molar-refractivity contribution in [2.75, 3.05) is 7.11 Å². The molecule has 0 aliphatic heterocycles. The Bertz CT molecular complexity index is 1880. The molecule has 0 aliphatic rings. The molecule has 0 bridgehead atoms. The summed E-state index contributed by atoms with van der Waals surface area (Å²) in [4.78, 5) is 16.9. The molecule has 7 heteroatoms. The van der Waals surface area contributed by atoms with Gasteiger partial charge in [-0.15, -0.1) is 0 Å². The third kappa shape index (κ3) is 6.17. The van der Waals surface area contributed by atoms with Gasteiger partial charge in [-0.05, 0) is 47.5 Å². The molecule has 44 heavy (non-hydrogen) atoms. The Morgan fingerprint density at radius 2 is 1.23 bits per heavy atom. The van der Waals surface area contributed by atoms with Crippen LogP contribution >= 0.6 is 0 Å². The molecule has 0 aliphatic carbocycles. The number of aromatic nitrogens is 2. The van der Waals surface area contributed by atoms with Crippen LogP contribution in [0.5, 0.6) is 17.2 Å². The summed E-state index contributed by atoms with van der Waals surface area (Å²) in [6, 6.07) is 40.5. The average Bonchev–Trinajstić information content (AvgIpc) is 3.52. The minimum absolute atomic E-state index is 0.0735. The molecule has 0 unspecified atom stereocenters. The van der Waals surface area contributed by atoms with Crippen molar-refractivity contribution in [3.05, 3.63) is 150 Å². The van der Waals surface area contributed by atoms with E-state index in [-0.39, 0.29) is 11.3 Å². The fourth-order valence-electron chi connectivity index (χ4n) is 4.96. The Labute approximate surface area is 255 Å². The van der Waals surface area contributed by atoms with Crippen LogP contribution < -0.4 is 14.2 Å². The molecule has 0 saturated heterocycles. The Balaban J connectivity index is 1.45. The predicted molar refractivity (Wildman–Crippen MR) is 169 cm³/mol. The molecule has 1 N–H and O–H groups in total. The van der Waals surface area contributed by atoms with Crippen molar-refractivity contribution in [2.24, 2.45) is 0 Å². The summed E-state index contributed by atoms with van der Waals surface area (Å²) in [5.74, 6) is 1.16. The zero-order chi connectivity index (χ0) is 30.3. The first-order chi connectivity index (χ1) is 21.6. The Morgan fingerprint density at radius 3 is 1.82 bits per heavy atom. The van der Waals surface area contributed by atoms with Crippen LogP contribution in [-0.4, -0.2) is 27.7 Å². The Kier molecular flexibility index (Phi) is 8.36. The molecular weight excluding hydrogens is 552 g/mol. The first-order valence-electron chi connectivity index (χ1n) is 14.1. The minimum Gasteiger partial charge on any atom is -0.496 e. The van der Waals surface area contributed by atoms with Gasteiger partial charge in [0.2, 0.25) is 0 Å². The van der Waals surface area contributed by atoms with Crippen molar-refractivity contribution >= 4 is 5.97 Å². The number of hydrogen-bond donors (Lipinski definition) is 1. The lowest BCUT2D eigenvalue weighted by Crippen LogP contribution is -2.04. The molecular formula is C37H30N2O5. The van der Waals surface area contributed by atoms with Gasteiger partial charge in [0.1, 0.15) is 41.9 Å². The summed E-state index contributed by atoms with van der Waals surface area (Å²) in [5, 5.41) is 9.67. The lowest BCUT2D eigenvalue weighted by Gasteiger charge is -2.14. The highest BCUT2D eigenvalue weighted by Gasteiger charge is 2.20. The van der Waals surface area contributed by atoms with Crippen molar-refractivity contribution in [2.45, 2.75) is 13.2 Å². The molecule has 5 aromatic carbocycles. The molecule has 218 valence electrons. The quantitative estimate of drug-likeness (QED) is 0.166. The standard InChI is InChI=1S/C37H30N2O5/c1-42-35-22-28(20-21-31(35)37(40)41)39-23-32(29-16-8-10-18-33(29)43-24-26-12-4-2-5-13-26)38-36(39)30-17-9-11-19-34(30)44-25-27-14-6-3-7-15-27/h2-23H,24-25H2,1H3,(H,40,41). The summed E-state index contributed by atoms with van der Waals surface area (Å²) < 4.78 is 19.9. The topological polar surface area (TPSA) is 82.8 Å². The Hall–Kier alpha value is -5.82. The van der Waals surface area contributed by atoms with Gasteiger partial charge >= 0.3 is 5.97 Å². The molecule has 0 fully saturated rings. The van der Waals surface area contributed by atoms with E-state index in [4.69, 9.17) is 19.2 Å². The van der Waals surface area contributed by atoms with Gasteiger partial charge in [0.05, 0.1) is 24.1 Å². The largest absolute Gasteiger partial charge is 0.496 e. The number of hydrogen-bond acceptors (Lipinski definition) is 5. The van der Waals surface area contributed by atoms with Gasteiger partial charge in [0.25, 0.3) is 0 Å². The lowest BCUT2D eigenvalue weighted by molar-refractivity contribution is 0.0693. The van der Waals surface area contributed by atoms with Crippen LogP contribution in [-0.2, 0) is 13.2 Å². The number of carboxylic acids is 1. The van der Waals surface area contributed by atoms with Gasteiger partial charge in [-0.3, -0.25) is 4.57 Å². The smallest absolute Gasteiger partial charge is 0.339 e. The van der Waals surface area contributed by atoms with Gasteiger partial charge in [-0.2, -0.15) is 0 Å². The molecule has 0 amide bonds. The highest BCUT2D eigenvalue weighted by molar-refractivity contribution is 5.91. The maximum atomic E-state index is 11.8. The zero-order valence-corrected chi connectivity index (χ0v) is 24.1. The van der Waals surface area contributed by atoms with Crippen molar-refractivity contribution in [1.29, 1.82) is 0 Å². The molecule has 0 atom stereocenters. The predicted octanol–water partition coefficient (Wildman–Crippen LogP) is 8.07. The molecule has 0 spiro atoms. The molecule has 6 aromatic rings. The number of imidazole rings is 1. The van der Waals surface area contributed by atoms with Crippen molar-refractivity contribution in [3.8, 4) is 45.6 Å². The molecule has 0 saturated carbocycles. The zero-order valence-electron chi connectivity index (χ0n) is 24.1. The molecule has 7 nitrogen and oxygen atoms in total. The highest BCUT2D eigenvalue weighted by atomic mass is 16.5. The average molecular weight is 583 g/mol. The van der Waals surface area contributed by atoms with Crippen LogP contribution in [0, 0.1) is 0 Å². The van der Waals surface area contributed by atoms with Crippen molar-refractivity contribution in [3.63, 3.8) is 0 Å². The van der Waals surface area contributed by atoms with E-state index < -0.39 is 5.97 Å². The van der Waals surface area contributed by atoms with E-state index in [1.54, 1.807) is 12.1 Å². The molecule has 0 radical (unpaired) electrons. The number of rotatable bonds is 11. The molecule has 6 rings (SSSR count). The Morgan fingerprint density at radius 1 is 0.682 bits per heavy atom. The van der Waals surface area contributed by atoms with E-state index in [1.807, 2.05) is 120 Å². The fraction of sp³-hybridized carbons (Fsp3) is 0.0811. The minimum atomic E-state index is -1.07. The third-order valence-corrected chi connectivity index (χ3v) is 7.16. The third-order valence-electron chi connectivity index (χ3n) is 7.16. The van der Waals surface area contributed by atoms with Crippen LogP contribution in [0.15, 0.2) is 134 Å². The normalized spacial score (nSPS) is 10.8. The molecule has 1 heterocycles. The number of para-hydroxylation sites is 2. The van der Waals surface area contributed by atoms with E-state index in [2.05, 4.69) is 0 Å². The fourth-order valence-corrected chi connectivity index (χ4v) is 4.96. The van der Waals surface area contributed by atoms with Crippen LogP contribution in [0.3, 0.4) is 0 Å². The second kappa shape index (κ2) is 13.0. The number of benzene rings is 5. The summed E-state index contributed by atoms with van der Waals surface area (Å²) in [6.07, 6.45) is 1.92. The number of nitrogens with zero attached hydrogens (tertiary/aromatic N) is 2. The van der Waals surface area contributed by atoms with Gasteiger partial charge in [0, 0.05) is 17.8 Å². The lowest BCUT2D eigenvalue weighted by atomic mass is 10.1. The van der Waals surface area contributed by atoms with Crippen LogP contribution in [0.4, 0.5) is 0 Å². The summed E-state index contributed by atoms with van der Waals surface area (Å²) in [5.41, 5.74) is 5.14. The van der Waals surface area contributed by atoms with E-state index in [9.17, 15) is 9.90 Å². The van der Waals surface area contributed by atoms with E-state index >= 15 is 0 Å². The second-order valence-corrected chi connectivity index (χ2v) is 10.1. The van der Waals surface area contributed by atoms with Crippen LogP contribution in [0.25, 0.3) is 28.3 Å². The highest BCUT2D eigenvalue weighted by Crippen LogP contribution is 2.37. The SMILES string of the molecule is COc1cc(-n2cc(-c3ccccc3OCc3ccccc3)nc2-c2ccccc2OCc2ccccc2)ccc1C(=O)O.